The number of nitrogens with zero attached hydrogens (tertiary/aromatic N) is 1. The van der Waals surface area contributed by atoms with Crippen LogP contribution in [0.1, 0.15) is 27.2 Å². The van der Waals surface area contributed by atoms with Crippen molar-refractivity contribution in [1.82, 2.24) is 10.2 Å². The van der Waals surface area contributed by atoms with Crippen LogP contribution in [-0.2, 0) is 0 Å². The number of rotatable bonds is 3. The van der Waals surface area contributed by atoms with Gasteiger partial charge in [-0.25, -0.2) is 4.79 Å². The molecule has 0 heterocycles. The lowest BCUT2D eigenvalue weighted by Gasteiger charge is -2.32. The van der Waals surface area contributed by atoms with Gasteiger partial charge in [-0.05, 0) is 18.4 Å². The van der Waals surface area contributed by atoms with Crippen molar-refractivity contribution < 1.29 is 4.79 Å². The van der Waals surface area contributed by atoms with Crippen molar-refractivity contribution in [2.45, 2.75) is 33.2 Å². The molecule has 84 valence electrons. The van der Waals surface area contributed by atoms with Gasteiger partial charge >= 0.3 is 6.03 Å². The molecule has 0 spiro atoms. The third kappa shape index (κ3) is 4.46. The summed E-state index contributed by atoms with van der Waals surface area (Å²) >= 11 is 0. The van der Waals surface area contributed by atoms with E-state index in [4.69, 9.17) is 5.73 Å². The van der Waals surface area contributed by atoms with Crippen LogP contribution in [0.25, 0.3) is 0 Å². The molecule has 3 N–H and O–H groups in total. The van der Waals surface area contributed by atoms with Crippen molar-refractivity contribution in [3.8, 4) is 0 Å². The van der Waals surface area contributed by atoms with E-state index >= 15 is 0 Å². The van der Waals surface area contributed by atoms with E-state index in [-0.39, 0.29) is 17.5 Å². The predicted molar refractivity (Wildman–Crippen MR) is 59.1 cm³/mol. The second-order valence-corrected chi connectivity index (χ2v) is 4.84. The first-order valence-corrected chi connectivity index (χ1v) is 4.97. The Kier molecular flexibility index (Phi) is 4.91. The highest BCUT2D eigenvalue weighted by molar-refractivity contribution is 5.73. The summed E-state index contributed by atoms with van der Waals surface area (Å²) in [4.78, 5) is 13.0. The van der Waals surface area contributed by atoms with Crippen molar-refractivity contribution in [1.29, 1.82) is 0 Å². The van der Waals surface area contributed by atoms with Crippen molar-refractivity contribution in [2.24, 2.45) is 11.1 Å². The van der Waals surface area contributed by atoms with Crippen LogP contribution in [0.2, 0.25) is 0 Å². The third-order valence-electron chi connectivity index (χ3n) is 2.20. The van der Waals surface area contributed by atoms with E-state index in [1.807, 2.05) is 0 Å². The van der Waals surface area contributed by atoms with Gasteiger partial charge in [0, 0.05) is 20.1 Å². The molecule has 4 heteroatoms. The topological polar surface area (TPSA) is 58.4 Å². The van der Waals surface area contributed by atoms with E-state index in [0.717, 1.165) is 6.42 Å². The molecule has 1 atom stereocenters. The van der Waals surface area contributed by atoms with Gasteiger partial charge in [-0.1, -0.05) is 20.8 Å². The molecule has 0 aromatic rings. The van der Waals surface area contributed by atoms with Crippen molar-refractivity contribution in [3.05, 3.63) is 0 Å². The Morgan fingerprint density at radius 1 is 1.43 bits per heavy atom. The Balaban J connectivity index is 4.31. The second-order valence-electron chi connectivity index (χ2n) is 4.84. The molecule has 0 aliphatic rings. The van der Waals surface area contributed by atoms with Crippen LogP contribution in [0, 0.1) is 5.41 Å². The zero-order valence-electron chi connectivity index (χ0n) is 9.92. The van der Waals surface area contributed by atoms with Crippen LogP contribution >= 0.6 is 0 Å². The molecule has 14 heavy (non-hydrogen) atoms. The molecule has 0 rings (SSSR count). The van der Waals surface area contributed by atoms with Crippen LogP contribution in [0.3, 0.4) is 0 Å². The van der Waals surface area contributed by atoms with Crippen molar-refractivity contribution in [3.63, 3.8) is 0 Å². The first-order chi connectivity index (χ1) is 6.29. The van der Waals surface area contributed by atoms with Gasteiger partial charge in [-0.3, -0.25) is 0 Å². The molecule has 0 saturated carbocycles. The van der Waals surface area contributed by atoms with Gasteiger partial charge in [-0.2, -0.15) is 0 Å². The molecule has 0 saturated heterocycles. The summed E-state index contributed by atoms with van der Waals surface area (Å²) in [7, 11) is 3.47. The van der Waals surface area contributed by atoms with Gasteiger partial charge < -0.3 is 16.0 Å². The number of amides is 2. The maximum Gasteiger partial charge on any atom is 0.317 e. The first kappa shape index (κ1) is 13.2. The minimum atomic E-state index is -0.0571. The number of carbonyl (C=O) groups excluding carboxylic acids is 1. The molecular formula is C10H23N3O. The van der Waals surface area contributed by atoms with Crippen LogP contribution in [0.5, 0.6) is 0 Å². The van der Waals surface area contributed by atoms with Crippen LogP contribution in [-0.4, -0.2) is 37.6 Å². The Hall–Kier alpha value is -0.770. The van der Waals surface area contributed by atoms with Crippen LogP contribution in [0.15, 0.2) is 0 Å². The number of urea groups is 1. The van der Waals surface area contributed by atoms with Gasteiger partial charge in [0.25, 0.3) is 0 Å². The zero-order valence-corrected chi connectivity index (χ0v) is 9.92. The van der Waals surface area contributed by atoms with E-state index in [1.165, 1.54) is 4.90 Å². The zero-order chi connectivity index (χ0) is 11.4. The number of nitrogens with one attached hydrogen (secondary N) is 1. The van der Waals surface area contributed by atoms with Crippen LogP contribution in [0.4, 0.5) is 4.79 Å². The normalized spacial score (nSPS) is 13.6. The summed E-state index contributed by atoms with van der Waals surface area (Å²) in [5.41, 5.74) is 5.56. The minimum Gasteiger partial charge on any atom is -0.335 e. The number of carbonyl (C=O) groups is 1. The van der Waals surface area contributed by atoms with Gasteiger partial charge in [-0.15, -0.1) is 0 Å². The maximum absolute atomic E-state index is 11.4. The average Bonchev–Trinajstić information content (AvgIpc) is 2.01. The average molecular weight is 201 g/mol. The predicted octanol–water partition coefficient (Wildman–Crippen LogP) is 1.02. The molecular weight excluding hydrogens is 178 g/mol. The van der Waals surface area contributed by atoms with Gasteiger partial charge in [0.15, 0.2) is 0 Å². The molecule has 0 aromatic carbocycles. The SMILES string of the molecule is CN(C)C(=O)NC(CCN)C(C)(C)C. The van der Waals surface area contributed by atoms with Crippen LogP contribution < -0.4 is 11.1 Å². The molecule has 0 aromatic heterocycles. The number of nitrogens with two attached hydrogens (primary N) is 1. The number of hydrogen-bond acceptors (Lipinski definition) is 2. The Labute approximate surface area is 86.8 Å². The molecule has 0 aliphatic heterocycles. The Morgan fingerprint density at radius 2 is 1.93 bits per heavy atom. The van der Waals surface area contributed by atoms with Crippen molar-refractivity contribution in [2.75, 3.05) is 20.6 Å². The fraction of sp³-hybridized carbons (Fsp3) is 0.900. The van der Waals surface area contributed by atoms with E-state index < -0.39 is 0 Å². The molecule has 4 nitrogen and oxygen atoms in total. The smallest absolute Gasteiger partial charge is 0.317 e. The fourth-order valence-corrected chi connectivity index (χ4v) is 1.17. The molecule has 0 bridgehead atoms. The Bertz CT molecular complexity index is 184. The van der Waals surface area contributed by atoms with Gasteiger partial charge in [0.05, 0.1) is 0 Å². The summed E-state index contributed by atoms with van der Waals surface area (Å²) in [6, 6.07) is 0.0702. The highest BCUT2D eigenvalue weighted by atomic mass is 16.2. The van der Waals surface area contributed by atoms with Gasteiger partial charge in [0.2, 0.25) is 0 Å². The highest BCUT2D eigenvalue weighted by Gasteiger charge is 2.25. The van der Waals surface area contributed by atoms with E-state index in [1.54, 1.807) is 14.1 Å². The summed E-state index contributed by atoms with van der Waals surface area (Å²) in [5.74, 6) is 0. The molecule has 2 amide bonds. The van der Waals surface area contributed by atoms with E-state index in [0.29, 0.717) is 6.54 Å². The first-order valence-electron chi connectivity index (χ1n) is 4.97. The number of hydrogen-bond donors (Lipinski definition) is 2. The van der Waals surface area contributed by atoms with Crippen molar-refractivity contribution >= 4 is 6.03 Å². The standard InChI is InChI=1S/C10H23N3O/c1-10(2,3)8(6-7-11)12-9(14)13(4)5/h8H,6-7,11H2,1-5H3,(H,12,14). The molecule has 0 aliphatic carbocycles. The lowest BCUT2D eigenvalue weighted by Crippen LogP contribution is -2.48. The summed E-state index contributed by atoms with van der Waals surface area (Å²) in [6.45, 7) is 6.89. The monoisotopic (exact) mass is 201 g/mol. The third-order valence-corrected chi connectivity index (χ3v) is 2.20. The summed E-state index contributed by atoms with van der Waals surface area (Å²) < 4.78 is 0. The van der Waals surface area contributed by atoms with E-state index in [9.17, 15) is 4.79 Å². The molecule has 1 unspecified atom stereocenters. The molecule has 0 radical (unpaired) electrons. The Morgan fingerprint density at radius 3 is 2.21 bits per heavy atom. The van der Waals surface area contributed by atoms with Gasteiger partial charge in [0.1, 0.15) is 0 Å². The second kappa shape index (κ2) is 5.20. The summed E-state index contributed by atoms with van der Waals surface area (Å²) in [6.07, 6.45) is 0.809. The lowest BCUT2D eigenvalue weighted by atomic mass is 9.85. The quantitative estimate of drug-likeness (QED) is 0.716. The highest BCUT2D eigenvalue weighted by Crippen LogP contribution is 2.21. The largest absolute Gasteiger partial charge is 0.335 e. The maximum atomic E-state index is 11.4. The molecule has 0 fully saturated rings. The summed E-state index contributed by atoms with van der Waals surface area (Å²) in [5, 5.41) is 2.96. The van der Waals surface area contributed by atoms with E-state index in [2.05, 4.69) is 26.1 Å². The fourth-order valence-electron chi connectivity index (χ4n) is 1.17. The lowest BCUT2D eigenvalue weighted by molar-refractivity contribution is 0.194. The minimum absolute atomic E-state index is 0.0467.